The molecule has 0 amide bonds. The van der Waals surface area contributed by atoms with E-state index in [-0.39, 0.29) is 0 Å². The molecule has 0 fully saturated rings. The molecule has 72 valence electrons. The first-order chi connectivity index (χ1) is 6.10. The number of hydrogen-bond donors (Lipinski definition) is 0. The second-order valence-corrected chi connectivity index (χ2v) is 3.31. The molecule has 0 aliphatic heterocycles. The summed E-state index contributed by atoms with van der Waals surface area (Å²) in [6.07, 6.45) is 10.7. The van der Waals surface area contributed by atoms with Gasteiger partial charge in [-0.1, -0.05) is 47.1 Å². The van der Waals surface area contributed by atoms with Crippen molar-refractivity contribution in [2.75, 3.05) is 0 Å². The maximum absolute atomic E-state index is 2.19. The van der Waals surface area contributed by atoms with Crippen LogP contribution in [0, 0.1) is 0 Å². The maximum Gasteiger partial charge on any atom is -0.0398 e. The smallest absolute Gasteiger partial charge is 0.0398 e. The van der Waals surface area contributed by atoms with Gasteiger partial charge in [0.2, 0.25) is 0 Å². The normalized spacial score (nSPS) is 15.6. The van der Waals surface area contributed by atoms with Crippen molar-refractivity contribution in [1.82, 2.24) is 0 Å². The Morgan fingerprint density at radius 3 is 1.77 bits per heavy atom. The Morgan fingerprint density at radius 2 is 1.31 bits per heavy atom. The Hall–Kier alpha value is -1.04. The van der Waals surface area contributed by atoms with Gasteiger partial charge in [-0.3, -0.25) is 0 Å². The second-order valence-electron chi connectivity index (χ2n) is 3.31. The standard InChI is InChI=1S/C13H20/c1-6-8-12(4)10-13(5)9-11(3)7-2/h6-10H,1-5H3/b8-6+,11-7-,12-10+,13-9+. The molecule has 0 spiro atoms. The molecule has 0 saturated carbocycles. The molecule has 13 heavy (non-hydrogen) atoms. The van der Waals surface area contributed by atoms with Crippen LogP contribution in [0.1, 0.15) is 34.6 Å². The highest BCUT2D eigenvalue weighted by Crippen LogP contribution is 2.06. The summed E-state index contributed by atoms with van der Waals surface area (Å²) in [4.78, 5) is 0. The molecule has 0 aromatic rings. The first-order valence-electron chi connectivity index (χ1n) is 4.72. The summed E-state index contributed by atoms with van der Waals surface area (Å²) >= 11 is 0. The predicted octanol–water partition coefficient (Wildman–Crippen LogP) is 4.42. The van der Waals surface area contributed by atoms with E-state index in [1.165, 1.54) is 16.7 Å². The van der Waals surface area contributed by atoms with E-state index in [2.05, 4.69) is 58.1 Å². The molecular weight excluding hydrogens is 156 g/mol. The monoisotopic (exact) mass is 176 g/mol. The largest absolute Gasteiger partial charge is 0.0874 e. The molecule has 0 radical (unpaired) electrons. The van der Waals surface area contributed by atoms with Crippen molar-refractivity contribution in [2.24, 2.45) is 0 Å². The van der Waals surface area contributed by atoms with Crippen LogP contribution in [-0.4, -0.2) is 0 Å². The Balaban J connectivity index is 4.53. The van der Waals surface area contributed by atoms with Crippen LogP contribution in [0.3, 0.4) is 0 Å². The summed E-state index contributed by atoms with van der Waals surface area (Å²) in [5, 5.41) is 0. The van der Waals surface area contributed by atoms with Crippen LogP contribution in [0.4, 0.5) is 0 Å². The number of hydrogen-bond acceptors (Lipinski definition) is 0. The lowest BCUT2D eigenvalue weighted by atomic mass is 10.1. The highest BCUT2D eigenvalue weighted by Gasteiger charge is 1.85. The van der Waals surface area contributed by atoms with Crippen LogP contribution in [0.25, 0.3) is 0 Å². The Bertz CT molecular complexity index is 260. The predicted molar refractivity (Wildman–Crippen MR) is 61.8 cm³/mol. The van der Waals surface area contributed by atoms with Crippen LogP contribution >= 0.6 is 0 Å². The molecule has 0 bridgehead atoms. The molecule has 0 aromatic carbocycles. The summed E-state index contributed by atoms with van der Waals surface area (Å²) in [5.41, 5.74) is 3.90. The molecule has 0 heteroatoms. The molecular formula is C13H20. The molecule has 0 nitrogen and oxygen atoms in total. The zero-order valence-corrected chi connectivity index (χ0v) is 9.39. The van der Waals surface area contributed by atoms with Crippen LogP contribution in [0.5, 0.6) is 0 Å². The van der Waals surface area contributed by atoms with Gasteiger partial charge < -0.3 is 0 Å². The Morgan fingerprint density at radius 1 is 0.769 bits per heavy atom. The minimum atomic E-state index is 1.29. The van der Waals surface area contributed by atoms with Crippen molar-refractivity contribution >= 4 is 0 Å². The molecule has 0 aromatic heterocycles. The molecule has 0 N–H and O–H groups in total. The summed E-state index contributed by atoms with van der Waals surface area (Å²) in [5.74, 6) is 0. The maximum atomic E-state index is 2.19. The lowest BCUT2D eigenvalue weighted by molar-refractivity contribution is 1.38. The van der Waals surface area contributed by atoms with Gasteiger partial charge in [0.05, 0.1) is 0 Å². The van der Waals surface area contributed by atoms with Crippen LogP contribution in [-0.2, 0) is 0 Å². The van der Waals surface area contributed by atoms with E-state index in [4.69, 9.17) is 0 Å². The lowest BCUT2D eigenvalue weighted by Gasteiger charge is -1.95. The fourth-order valence-electron chi connectivity index (χ4n) is 1.15. The highest BCUT2D eigenvalue weighted by atomic mass is 13.9. The van der Waals surface area contributed by atoms with E-state index in [0.29, 0.717) is 0 Å². The second kappa shape index (κ2) is 6.47. The summed E-state index contributed by atoms with van der Waals surface area (Å²) in [7, 11) is 0. The minimum absolute atomic E-state index is 1.29. The Labute approximate surface area is 82.4 Å². The summed E-state index contributed by atoms with van der Waals surface area (Å²) < 4.78 is 0. The number of rotatable bonds is 3. The summed E-state index contributed by atoms with van der Waals surface area (Å²) in [6.45, 7) is 10.4. The van der Waals surface area contributed by atoms with Gasteiger partial charge in [0, 0.05) is 0 Å². The van der Waals surface area contributed by atoms with Gasteiger partial charge in [-0.05, 0) is 34.6 Å². The third-order valence-corrected chi connectivity index (χ3v) is 1.80. The molecule has 0 heterocycles. The van der Waals surface area contributed by atoms with E-state index < -0.39 is 0 Å². The third kappa shape index (κ3) is 6.15. The van der Waals surface area contributed by atoms with Crippen LogP contribution in [0.15, 0.2) is 47.1 Å². The first kappa shape index (κ1) is 12.0. The first-order valence-corrected chi connectivity index (χ1v) is 4.72. The van der Waals surface area contributed by atoms with E-state index >= 15 is 0 Å². The van der Waals surface area contributed by atoms with Crippen molar-refractivity contribution in [3.8, 4) is 0 Å². The van der Waals surface area contributed by atoms with Gasteiger partial charge in [-0.25, -0.2) is 0 Å². The van der Waals surface area contributed by atoms with Crippen LogP contribution < -0.4 is 0 Å². The zero-order valence-electron chi connectivity index (χ0n) is 9.39. The average Bonchev–Trinajstić information content (AvgIpc) is 2.04. The fourth-order valence-corrected chi connectivity index (χ4v) is 1.15. The van der Waals surface area contributed by atoms with E-state index in [1.54, 1.807) is 0 Å². The van der Waals surface area contributed by atoms with Crippen molar-refractivity contribution in [3.63, 3.8) is 0 Å². The third-order valence-electron chi connectivity index (χ3n) is 1.80. The number of allylic oxidation sites excluding steroid dienone is 8. The summed E-state index contributed by atoms with van der Waals surface area (Å²) in [6, 6.07) is 0. The van der Waals surface area contributed by atoms with Crippen molar-refractivity contribution in [2.45, 2.75) is 34.6 Å². The van der Waals surface area contributed by atoms with Gasteiger partial charge in [0.1, 0.15) is 0 Å². The quantitative estimate of drug-likeness (QED) is 0.558. The SMILES string of the molecule is C\C=C(C)/C=C(C)/C=C(C)/C=C/C. The molecule has 0 aliphatic rings. The molecule has 0 saturated heterocycles. The van der Waals surface area contributed by atoms with Gasteiger partial charge in [-0.15, -0.1) is 0 Å². The zero-order chi connectivity index (χ0) is 10.3. The average molecular weight is 176 g/mol. The van der Waals surface area contributed by atoms with Gasteiger partial charge >= 0.3 is 0 Å². The Kier molecular flexibility index (Phi) is 5.96. The molecule has 0 rings (SSSR count). The molecule has 0 aliphatic carbocycles. The molecule has 0 unspecified atom stereocenters. The van der Waals surface area contributed by atoms with E-state index in [9.17, 15) is 0 Å². The van der Waals surface area contributed by atoms with E-state index in [1.807, 2.05) is 6.92 Å². The van der Waals surface area contributed by atoms with E-state index in [0.717, 1.165) is 0 Å². The molecule has 0 atom stereocenters. The van der Waals surface area contributed by atoms with Crippen molar-refractivity contribution in [1.29, 1.82) is 0 Å². The van der Waals surface area contributed by atoms with Gasteiger partial charge in [0.15, 0.2) is 0 Å². The van der Waals surface area contributed by atoms with Gasteiger partial charge in [-0.2, -0.15) is 0 Å². The van der Waals surface area contributed by atoms with Crippen LogP contribution in [0.2, 0.25) is 0 Å². The van der Waals surface area contributed by atoms with Crippen molar-refractivity contribution < 1.29 is 0 Å². The van der Waals surface area contributed by atoms with Gasteiger partial charge in [0.25, 0.3) is 0 Å². The minimum Gasteiger partial charge on any atom is -0.0874 e. The highest BCUT2D eigenvalue weighted by molar-refractivity contribution is 5.32. The van der Waals surface area contributed by atoms with Crippen molar-refractivity contribution in [3.05, 3.63) is 47.1 Å². The lowest BCUT2D eigenvalue weighted by Crippen LogP contribution is -1.75. The topological polar surface area (TPSA) is 0 Å². The fraction of sp³-hybridized carbons (Fsp3) is 0.385.